The normalized spacial score (nSPS) is 9.65. The molecular weight excluding hydrogens is 219 g/mol. The molecule has 1 heterocycles. The fourth-order valence-corrected chi connectivity index (χ4v) is 1.34. The first-order chi connectivity index (χ1) is 8.29. The molecule has 0 aliphatic carbocycles. The minimum Gasteiger partial charge on any atom is -0.365 e. The second-order valence-corrected chi connectivity index (χ2v) is 3.37. The van der Waals surface area contributed by atoms with Gasteiger partial charge in [-0.25, -0.2) is 9.37 Å². The van der Waals surface area contributed by atoms with E-state index in [4.69, 9.17) is 5.26 Å². The van der Waals surface area contributed by atoms with Crippen molar-refractivity contribution in [3.63, 3.8) is 0 Å². The molecule has 0 fully saturated rings. The highest BCUT2D eigenvalue weighted by molar-refractivity contribution is 5.36. The van der Waals surface area contributed by atoms with Gasteiger partial charge in [0.25, 0.3) is 0 Å². The predicted molar refractivity (Wildman–Crippen MR) is 60.5 cm³/mol. The molecule has 0 unspecified atom stereocenters. The van der Waals surface area contributed by atoms with Crippen molar-refractivity contribution < 1.29 is 4.39 Å². The van der Waals surface area contributed by atoms with Gasteiger partial charge < -0.3 is 5.32 Å². The maximum Gasteiger partial charge on any atom is 0.144 e. The largest absolute Gasteiger partial charge is 0.365 e. The zero-order valence-corrected chi connectivity index (χ0v) is 8.89. The van der Waals surface area contributed by atoms with E-state index in [1.165, 1.54) is 12.1 Å². The SMILES string of the molecule is N#Cc1ccc(CNc2cnccn2)cc1F. The van der Waals surface area contributed by atoms with Crippen LogP contribution in [-0.2, 0) is 6.54 Å². The number of hydrogen-bond donors (Lipinski definition) is 1. The van der Waals surface area contributed by atoms with E-state index in [9.17, 15) is 4.39 Å². The lowest BCUT2D eigenvalue weighted by Gasteiger charge is -2.05. The summed E-state index contributed by atoms with van der Waals surface area (Å²) in [6.45, 7) is 0.432. The lowest BCUT2D eigenvalue weighted by molar-refractivity contribution is 0.622. The maximum absolute atomic E-state index is 13.3. The van der Waals surface area contributed by atoms with E-state index in [0.29, 0.717) is 12.4 Å². The van der Waals surface area contributed by atoms with Crippen molar-refractivity contribution >= 4 is 5.82 Å². The Labute approximate surface area is 97.8 Å². The molecule has 4 nitrogen and oxygen atoms in total. The zero-order valence-electron chi connectivity index (χ0n) is 8.89. The Morgan fingerprint density at radius 1 is 1.35 bits per heavy atom. The summed E-state index contributed by atoms with van der Waals surface area (Å²) in [6, 6.07) is 6.27. The van der Waals surface area contributed by atoms with Crippen molar-refractivity contribution in [2.75, 3.05) is 5.32 Å². The topological polar surface area (TPSA) is 61.6 Å². The summed E-state index contributed by atoms with van der Waals surface area (Å²) in [5, 5.41) is 11.6. The second kappa shape index (κ2) is 5.03. The molecule has 0 radical (unpaired) electrons. The van der Waals surface area contributed by atoms with E-state index in [1.807, 2.05) is 0 Å². The number of nitrogens with zero attached hydrogens (tertiary/aromatic N) is 3. The van der Waals surface area contributed by atoms with Gasteiger partial charge in [0.15, 0.2) is 0 Å². The third kappa shape index (κ3) is 2.75. The molecule has 1 aromatic heterocycles. The van der Waals surface area contributed by atoms with Crippen LogP contribution in [0.5, 0.6) is 0 Å². The average molecular weight is 228 g/mol. The lowest BCUT2D eigenvalue weighted by Crippen LogP contribution is -2.02. The van der Waals surface area contributed by atoms with Crippen LogP contribution < -0.4 is 5.32 Å². The number of anilines is 1. The minimum absolute atomic E-state index is 0.0493. The first kappa shape index (κ1) is 11.0. The Balaban J connectivity index is 2.06. The molecule has 0 amide bonds. The third-order valence-electron chi connectivity index (χ3n) is 2.19. The molecule has 1 aromatic carbocycles. The summed E-state index contributed by atoms with van der Waals surface area (Å²) < 4.78 is 13.3. The molecule has 0 aliphatic heterocycles. The molecule has 0 saturated carbocycles. The fourth-order valence-electron chi connectivity index (χ4n) is 1.34. The molecular formula is C12H9FN4. The van der Waals surface area contributed by atoms with Gasteiger partial charge in [0, 0.05) is 18.9 Å². The number of nitrogens with one attached hydrogen (secondary N) is 1. The molecule has 5 heteroatoms. The van der Waals surface area contributed by atoms with Gasteiger partial charge >= 0.3 is 0 Å². The molecule has 84 valence electrons. The first-order valence-electron chi connectivity index (χ1n) is 4.98. The summed E-state index contributed by atoms with van der Waals surface area (Å²) in [5.74, 6) is 0.114. The van der Waals surface area contributed by atoms with Gasteiger partial charge in [-0.1, -0.05) is 6.07 Å². The molecule has 0 spiro atoms. The van der Waals surface area contributed by atoms with Crippen molar-refractivity contribution in [1.82, 2.24) is 9.97 Å². The molecule has 1 N–H and O–H groups in total. The number of rotatable bonds is 3. The van der Waals surface area contributed by atoms with Crippen molar-refractivity contribution in [2.45, 2.75) is 6.54 Å². The molecule has 0 saturated heterocycles. The third-order valence-corrected chi connectivity index (χ3v) is 2.19. The number of halogens is 1. The molecule has 0 atom stereocenters. The highest BCUT2D eigenvalue weighted by Crippen LogP contribution is 2.10. The van der Waals surface area contributed by atoms with Crippen LogP contribution in [0.2, 0.25) is 0 Å². The van der Waals surface area contributed by atoms with E-state index in [0.717, 1.165) is 5.56 Å². The van der Waals surface area contributed by atoms with Crippen molar-refractivity contribution in [3.8, 4) is 6.07 Å². The molecule has 17 heavy (non-hydrogen) atoms. The van der Waals surface area contributed by atoms with Crippen molar-refractivity contribution in [3.05, 3.63) is 53.7 Å². The zero-order chi connectivity index (χ0) is 12.1. The van der Waals surface area contributed by atoms with Crippen LogP contribution in [0.4, 0.5) is 10.2 Å². The predicted octanol–water partition coefficient (Wildman–Crippen LogP) is 2.10. The Morgan fingerprint density at radius 3 is 2.88 bits per heavy atom. The number of nitriles is 1. The van der Waals surface area contributed by atoms with E-state index in [1.54, 1.807) is 30.7 Å². The Morgan fingerprint density at radius 2 is 2.24 bits per heavy atom. The quantitative estimate of drug-likeness (QED) is 0.873. The van der Waals surface area contributed by atoms with E-state index in [-0.39, 0.29) is 5.56 Å². The van der Waals surface area contributed by atoms with Crippen LogP contribution in [0.25, 0.3) is 0 Å². The van der Waals surface area contributed by atoms with Crippen LogP contribution in [0, 0.1) is 17.1 Å². The summed E-state index contributed by atoms with van der Waals surface area (Å²) >= 11 is 0. The Bertz CT molecular complexity index is 548. The van der Waals surface area contributed by atoms with Gasteiger partial charge in [-0.15, -0.1) is 0 Å². The first-order valence-corrected chi connectivity index (χ1v) is 4.98. The highest BCUT2D eigenvalue weighted by atomic mass is 19.1. The Hall–Kier alpha value is -2.48. The van der Waals surface area contributed by atoms with Crippen LogP contribution in [0.3, 0.4) is 0 Å². The molecule has 0 bridgehead atoms. The molecule has 0 aliphatic rings. The summed E-state index contributed by atoms with van der Waals surface area (Å²) in [4.78, 5) is 7.93. The van der Waals surface area contributed by atoms with Crippen LogP contribution in [0.1, 0.15) is 11.1 Å². The van der Waals surface area contributed by atoms with Crippen LogP contribution in [-0.4, -0.2) is 9.97 Å². The van der Waals surface area contributed by atoms with Gasteiger partial charge in [-0.3, -0.25) is 4.98 Å². The van der Waals surface area contributed by atoms with Gasteiger partial charge in [0.05, 0.1) is 11.8 Å². The fraction of sp³-hybridized carbons (Fsp3) is 0.0833. The van der Waals surface area contributed by atoms with E-state index < -0.39 is 5.82 Å². The Kier molecular flexibility index (Phi) is 3.26. The van der Waals surface area contributed by atoms with Crippen LogP contribution in [0.15, 0.2) is 36.8 Å². The second-order valence-electron chi connectivity index (χ2n) is 3.37. The van der Waals surface area contributed by atoms with Gasteiger partial charge in [-0.2, -0.15) is 5.26 Å². The minimum atomic E-state index is -0.508. The summed E-state index contributed by atoms with van der Waals surface area (Å²) in [5.41, 5.74) is 0.792. The number of hydrogen-bond acceptors (Lipinski definition) is 4. The van der Waals surface area contributed by atoms with Gasteiger partial charge in [0.1, 0.15) is 17.7 Å². The average Bonchev–Trinajstić information content (AvgIpc) is 2.38. The molecule has 2 rings (SSSR count). The number of benzene rings is 1. The van der Waals surface area contributed by atoms with E-state index >= 15 is 0 Å². The standard InChI is InChI=1S/C12H9FN4/c13-11-5-9(1-2-10(11)6-14)7-17-12-8-15-3-4-16-12/h1-5,8H,7H2,(H,16,17). The molecule has 2 aromatic rings. The number of aromatic nitrogens is 2. The van der Waals surface area contributed by atoms with Crippen LogP contribution >= 0.6 is 0 Å². The highest BCUT2D eigenvalue weighted by Gasteiger charge is 2.02. The smallest absolute Gasteiger partial charge is 0.144 e. The summed E-state index contributed by atoms with van der Waals surface area (Å²) in [6.07, 6.45) is 4.73. The van der Waals surface area contributed by atoms with Gasteiger partial charge in [-0.05, 0) is 17.7 Å². The van der Waals surface area contributed by atoms with Crippen molar-refractivity contribution in [1.29, 1.82) is 5.26 Å². The van der Waals surface area contributed by atoms with E-state index in [2.05, 4.69) is 15.3 Å². The lowest BCUT2D eigenvalue weighted by atomic mass is 10.1. The monoisotopic (exact) mass is 228 g/mol. The summed E-state index contributed by atoms with van der Waals surface area (Å²) in [7, 11) is 0. The maximum atomic E-state index is 13.3. The van der Waals surface area contributed by atoms with Gasteiger partial charge in [0.2, 0.25) is 0 Å². The van der Waals surface area contributed by atoms with Crippen molar-refractivity contribution in [2.24, 2.45) is 0 Å².